The number of carbonyl (C=O) groups is 1. The Morgan fingerprint density at radius 3 is 2.57 bits per heavy atom. The Balaban J connectivity index is 1.86. The van der Waals surface area contributed by atoms with E-state index in [1.165, 1.54) is 0 Å². The lowest BCUT2D eigenvalue weighted by Gasteiger charge is -2.26. The molecule has 0 aliphatic carbocycles. The van der Waals surface area contributed by atoms with E-state index in [4.69, 9.17) is 4.74 Å². The van der Waals surface area contributed by atoms with E-state index in [2.05, 4.69) is 0 Å². The minimum absolute atomic E-state index is 0.0495. The van der Waals surface area contributed by atoms with Gasteiger partial charge in [0, 0.05) is 32.8 Å². The summed E-state index contributed by atoms with van der Waals surface area (Å²) in [5.74, 6) is -6.36. The summed E-state index contributed by atoms with van der Waals surface area (Å²) in [5.41, 5.74) is 0. The number of alkyl halides is 4. The molecule has 122 valence electrons. The number of ether oxygens (including phenoxy) is 1. The van der Waals surface area contributed by atoms with Crippen molar-refractivity contribution in [3.05, 3.63) is 0 Å². The Morgan fingerprint density at radius 1 is 1.19 bits per heavy atom. The van der Waals surface area contributed by atoms with Gasteiger partial charge in [0.05, 0.1) is 6.10 Å². The van der Waals surface area contributed by atoms with Crippen molar-refractivity contribution >= 4 is 5.91 Å². The first-order chi connectivity index (χ1) is 9.91. The molecule has 1 amide bonds. The third-order valence-corrected chi connectivity index (χ3v) is 3.92. The molecule has 0 bridgehead atoms. The van der Waals surface area contributed by atoms with E-state index >= 15 is 0 Å². The molecule has 2 heterocycles. The first kappa shape index (κ1) is 16.5. The zero-order valence-electron chi connectivity index (χ0n) is 11.7. The van der Waals surface area contributed by atoms with Crippen molar-refractivity contribution in [3.8, 4) is 0 Å². The number of nitrogens with zero attached hydrogens (tertiary/aromatic N) is 2. The van der Waals surface area contributed by atoms with Crippen molar-refractivity contribution in [2.75, 3.05) is 39.3 Å². The maximum Gasteiger partial charge on any atom is 0.383 e. The molecule has 1 atom stereocenters. The molecular weight excluding hydrogens is 292 g/mol. The number of hydrogen-bond acceptors (Lipinski definition) is 3. The van der Waals surface area contributed by atoms with Crippen molar-refractivity contribution in [3.63, 3.8) is 0 Å². The van der Waals surface area contributed by atoms with Crippen LogP contribution in [0.4, 0.5) is 17.6 Å². The summed E-state index contributed by atoms with van der Waals surface area (Å²) in [4.78, 5) is 14.4. The average molecular weight is 312 g/mol. The Bertz CT molecular complexity index is 362. The fourth-order valence-electron chi connectivity index (χ4n) is 2.74. The van der Waals surface area contributed by atoms with Crippen LogP contribution in [0.5, 0.6) is 0 Å². The fourth-order valence-corrected chi connectivity index (χ4v) is 2.74. The monoisotopic (exact) mass is 312 g/mol. The van der Waals surface area contributed by atoms with E-state index in [1.807, 2.05) is 4.90 Å². The quantitative estimate of drug-likeness (QED) is 0.739. The summed E-state index contributed by atoms with van der Waals surface area (Å²) in [6, 6.07) is 0. The van der Waals surface area contributed by atoms with Gasteiger partial charge in [-0.1, -0.05) is 0 Å². The number of carbonyl (C=O) groups excluding carboxylic acids is 1. The zero-order valence-corrected chi connectivity index (χ0v) is 11.7. The van der Waals surface area contributed by atoms with Gasteiger partial charge in [-0.05, 0) is 25.8 Å². The molecule has 4 nitrogen and oxygen atoms in total. The predicted octanol–water partition coefficient (Wildman–Crippen LogP) is 1.60. The van der Waals surface area contributed by atoms with Crippen LogP contribution in [-0.4, -0.2) is 73.5 Å². The average Bonchev–Trinajstić information content (AvgIpc) is 2.83. The lowest BCUT2D eigenvalue weighted by Crippen LogP contribution is -2.49. The SMILES string of the molecule is O=C(N1CCCN(CC2CCCO2)CC1)C(F)(F)C(F)F. The Hall–Kier alpha value is -0.890. The molecular formula is C13H20F4N2O2. The van der Waals surface area contributed by atoms with Crippen molar-refractivity contribution in [2.24, 2.45) is 0 Å². The zero-order chi connectivity index (χ0) is 15.5. The predicted molar refractivity (Wildman–Crippen MR) is 67.6 cm³/mol. The molecule has 0 spiro atoms. The Kier molecular flexibility index (Phi) is 5.43. The first-order valence-corrected chi connectivity index (χ1v) is 7.20. The van der Waals surface area contributed by atoms with Gasteiger partial charge >= 0.3 is 12.3 Å². The minimum Gasteiger partial charge on any atom is -0.377 e. The normalized spacial score (nSPS) is 25.4. The molecule has 1 unspecified atom stereocenters. The van der Waals surface area contributed by atoms with Crippen LogP contribution in [0.1, 0.15) is 19.3 Å². The molecule has 2 rings (SSSR count). The summed E-state index contributed by atoms with van der Waals surface area (Å²) in [7, 11) is 0. The lowest BCUT2D eigenvalue weighted by atomic mass is 10.2. The van der Waals surface area contributed by atoms with Gasteiger partial charge in [-0.2, -0.15) is 8.78 Å². The highest BCUT2D eigenvalue weighted by atomic mass is 19.3. The highest BCUT2D eigenvalue weighted by molar-refractivity contribution is 5.84. The van der Waals surface area contributed by atoms with Gasteiger partial charge in [-0.3, -0.25) is 9.69 Å². The van der Waals surface area contributed by atoms with Crippen LogP contribution in [0.2, 0.25) is 0 Å². The molecule has 0 N–H and O–H groups in total. The van der Waals surface area contributed by atoms with Gasteiger partial charge in [-0.25, -0.2) is 8.78 Å². The van der Waals surface area contributed by atoms with Gasteiger partial charge in [-0.15, -0.1) is 0 Å². The van der Waals surface area contributed by atoms with E-state index in [9.17, 15) is 22.4 Å². The summed E-state index contributed by atoms with van der Waals surface area (Å²) in [5, 5.41) is 0. The van der Waals surface area contributed by atoms with Crippen LogP contribution in [0.25, 0.3) is 0 Å². The Morgan fingerprint density at radius 2 is 1.95 bits per heavy atom. The third kappa shape index (κ3) is 4.06. The van der Waals surface area contributed by atoms with E-state index in [1.54, 1.807) is 0 Å². The highest BCUT2D eigenvalue weighted by Crippen LogP contribution is 2.26. The summed E-state index contributed by atoms with van der Waals surface area (Å²) >= 11 is 0. The van der Waals surface area contributed by atoms with Crippen LogP contribution in [0.15, 0.2) is 0 Å². The van der Waals surface area contributed by atoms with Gasteiger partial charge in [0.25, 0.3) is 5.91 Å². The smallest absolute Gasteiger partial charge is 0.377 e. The van der Waals surface area contributed by atoms with Crippen molar-refractivity contribution in [1.82, 2.24) is 9.80 Å². The topological polar surface area (TPSA) is 32.8 Å². The number of halogens is 4. The van der Waals surface area contributed by atoms with E-state index < -0.39 is 18.3 Å². The van der Waals surface area contributed by atoms with Crippen LogP contribution in [0, 0.1) is 0 Å². The van der Waals surface area contributed by atoms with E-state index in [0.717, 1.165) is 24.3 Å². The van der Waals surface area contributed by atoms with Crippen molar-refractivity contribution in [1.29, 1.82) is 0 Å². The minimum atomic E-state index is -4.59. The largest absolute Gasteiger partial charge is 0.383 e. The molecule has 2 fully saturated rings. The summed E-state index contributed by atoms with van der Waals surface area (Å²) in [6.45, 7) is 2.64. The molecule has 0 aromatic heterocycles. The standard InChI is InChI=1S/C13H20F4N2O2/c14-11(15)13(16,17)12(20)19-5-2-4-18(6-7-19)9-10-3-1-8-21-10/h10-11H,1-9H2. The van der Waals surface area contributed by atoms with Gasteiger partial charge in [0.2, 0.25) is 0 Å². The summed E-state index contributed by atoms with van der Waals surface area (Å²) in [6.07, 6.45) is -1.32. The first-order valence-electron chi connectivity index (χ1n) is 7.20. The number of amides is 1. The van der Waals surface area contributed by atoms with Crippen LogP contribution >= 0.6 is 0 Å². The van der Waals surface area contributed by atoms with Gasteiger partial charge in [0.15, 0.2) is 0 Å². The van der Waals surface area contributed by atoms with Gasteiger partial charge in [0.1, 0.15) is 0 Å². The molecule has 0 aromatic carbocycles. The molecule has 2 saturated heterocycles. The second kappa shape index (κ2) is 6.91. The third-order valence-electron chi connectivity index (χ3n) is 3.92. The maximum atomic E-state index is 13.1. The molecule has 2 aliphatic rings. The van der Waals surface area contributed by atoms with E-state index in [0.29, 0.717) is 26.1 Å². The van der Waals surface area contributed by atoms with Crippen LogP contribution in [-0.2, 0) is 9.53 Å². The second-order valence-electron chi connectivity index (χ2n) is 5.51. The van der Waals surface area contributed by atoms with Crippen LogP contribution < -0.4 is 0 Å². The molecule has 21 heavy (non-hydrogen) atoms. The molecule has 0 saturated carbocycles. The number of hydrogen-bond donors (Lipinski definition) is 0. The number of rotatable bonds is 4. The fraction of sp³-hybridized carbons (Fsp3) is 0.923. The molecule has 2 aliphatic heterocycles. The molecule has 0 aromatic rings. The molecule has 8 heteroatoms. The molecule has 0 radical (unpaired) electrons. The van der Waals surface area contributed by atoms with Gasteiger partial charge < -0.3 is 9.64 Å². The van der Waals surface area contributed by atoms with Crippen molar-refractivity contribution in [2.45, 2.75) is 37.7 Å². The highest BCUT2D eigenvalue weighted by Gasteiger charge is 2.51. The maximum absolute atomic E-state index is 13.1. The Labute approximate surface area is 121 Å². The van der Waals surface area contributed by atoms with Crippen LogP contribution in [0.3, 0.4) is 0 Å². The second-order valence-corrected chi connectivity index (χ2v) is 5.51. The van der Waals surface area contributed by atoms with Crippen molar-refractivity contribution < 1.29 is 27.1 Å². The summed E-state index contributed by atoms with van der Waals surface area (Å²) < 4.78 is 56.2. The lowest BCUT2D eigenvalue weighted by molar-refractivity contribution is -0.180. The van der Waals surface area contributed by atoms with E-state index in [-0.39, 0.29) is 19.2 Å².